The van der Waals surface area contributed by atoms with Gasteiger partial charge in [0.2, 0.25) is 0 Å². The van der Waals surface area contributed by atoms with Gasteiger partial charge in [-0.05, 0) is 26.0 Å². The van der Waals surface area contributed by atoms with Crippen molar-refractivity contribution in [2.24, 2.45) is 0 Å². The van der Waals surface area contributed by atoms with Gasteiger partial charge in [0.25, 0.3) is 0 Å². The fraction of sp³-hybridized carbons (Fsp3) is 0.412. The Morgan fingerprint density at radius 2 is 1.41 bits per heavy atom. The first-order valence-electron chi connectivity index (χ1n) is 8.20. The highest BCUT2D eigenvalue weighted by atomic mass is 19.4. The van der Waals surface area contributed by atoms with Crippen LogP contribution in [-0.2, 0) is 19.1 Å². The van der Waals surface area contributed by atoms with Gasteiger partial charge in [-0.15, -0.1) is 0 Å². The molecule has 0 saturated heterocycles. The molecule has 6 nitrogen and oxygen atoms in total. The number of carbonyl (C=O) groups is 2. The zero-order chi connectivity index (χ0) is 22.0. The van der Waals surface area contributed by atoms with Crippen molar-refractivity contribution in [2.75, 3.05) is 13.2 Å². The topological polar surface area (TPSA) is 77.8 Å². The number of ether oxygens (including phenoxy) is 2. The summed E-state index contributed by atoms with van der Waals surface area (Å²) in [6, 6.07) is 2.22. The molecule has 1 aromatic heterocycles. The maximum absolute atomic E-state index is 13.6. The lowest BCUT2D eigenvalue weighted by Crippen LogP contribution is -2.43. The highest BCUT2D eigenvalue weighted by molar-refractivity contribution is 6.00. The van der Waals surface area contributed by atoms with Gasteiger partial charge in [0.05, 0.1) is 36.5 Å². The third-order valence-electron chi connectivity index (χ3n) is 3.75. The molecular formula is C17H15F6NO5. The van der Waals surface area contributed by atoms with Crippen LogP contribution in [0.4, 0.5) is 26.3 Å². The first kappa shape index (κ1) is 22.4. The van der Waals surface area contributed by atoms with Crippen LogP contribution < -0.4 is 5.32 Å². The second kappa shape index (κ2) is 8.21. The molecule has 1 N–H and O–H groups in total. The molecule has 2 heterocycles. The third-order valence-corrected chi connectivity index (χ3v) is 3.75. The van der Waals surface area contributed by atoms with Crippen LogP contribution in [-0.4, -0.2) is 37.5 Å². The summed E-state index contributed by atoms with van der Waals surface area (Å²) in [5.74, 6) is -5.77. The number of rotatable bonds is 5. The SMILES string of the molecule is CCOC(=O)C1=C(C(F)(F)F)NC(C(F)(F)F)=C(C(=O)OCC)C1c1ccco1. The van der Waals surface area contributed by atoms with Gasteiger partial charge in [0, 0.05) is 0 Å². The van der Waals surface area contributed by atoms with E-state index >= 15 is 0 Å². The molecule has 0 radical (unpaired) electrons. The number of alkyl halides is 6. The molecule has 0 aromatic carbocycles. The van der Waals surface area contributed by atoms with Crippen molar-refractivity contribution in [2.45, 2.75) is 32.1 Å². The van der Waals surface area contributed by atoms with Crippen LogP contribution in [0.25, 0.3) is 0 Å². The van der Waals surface area contributed by atoms with Crippen molar-refractivity contribution in [3.8, 4) is 0 Å². The van der Waals surface area contributed by atoms with E-state index in [2.05, 4.69) is 9.47 Å². The molecule has 1 aliphatic rings. The van der Waals surface area contributed by atoms with Gasteiger partial charge in [-0.2, -0.15) is 26.3 Å². The predicted octanol–water partition coefficient (Wildman–Crippen LogP) is 3.73. The smallest absolute Gasteiger partial charge is 0.431 e. The normalized spacial score (nSPS) is 16.0. The van der Waals surface area contributed by atoms with E-state index in [0.717, 1.165) is 12.3 Å². The van der Waals surface area contributed by atoms with Gasteiger partial charge in [0.1, 0.15) is 17.2 Å². The van der Waals surface area contributed by atoms with Gasteiger partial charge in [0.15, 0.2) is 0 Å². The Bertz CT molecular complexity index is 783. The molecule has 0 fully saturated rings. The minimum Gasteiger partial charge on any atom is -0.468 e. The van der Waals surface area contributed by atoms with Crippen molar-refractivity contribution < 1.29 is 49.8 Å². The van der Waals surface area contributed by atoms with Gasteiger partial charge >= 0.3 is 24.3 Å². The lowest BCUT2D eigenvalue weighted by molar-refractivity contribution is -0.143. The van der Waals surface area contributed by atoms with Gasteiger partial charge < -0.3 is 19.2 Å². The Labute approximate surface area is 160 Å². The van der Waals surface area contributed by atoms with Crippen LogP contribution in [0.1, 0.15) is 25.5 Å². The fourth-order valence-corrected chi connectivity index (χ4v) is 2.74. The number of nitrogens with one attached hydrogen (secondary N) is 1. The summed E-state index contributed by atoms with van der Waals surface area (Å²) in [6.07, 6.45) is -9.82. The number of furan rings is 1. The maximum atomic E-state index is 13.6. The van der Waals surface area contributed by atoms with Crippen LogP contribution in [0, 0.1) is 0 Å². The summed E-state index contributed by atoms with van der Waals surface area (Å²) in [4.78, 5) is 24.7. The van der Waals surface area contributed by atoms with E-state index in [1.54, 1.807) is 0 Å². The van der Waals surface area contributed by atoms with E-state index in [9.17, 15) is 35.9 Å². The van der Waals surface area contributed by atoms with Crippen LogP contribution in [0.15, 0.2) is 45.4 Å². The van der Waals surface area contributed by atoms with Crippen LogP contribution >= 0.6 is 0 Å². The number of hydrogen-bond acceptors (Lipinski definition) is 6. The maximum Gasteiger partial charge on any atom is 0.431 e. The lowest BCUT2D eigenvalue weighted by atomic mass is 9.82. The number of hydrogen-bond donors (Lipinski definition) is 1. The van der Waals surface area contributed by atoms with Gasteiger partial charge in [-0.3, -0.25) is 0 Å². The molecular weight excluding hydrogens is 412 g/mol. The first-order chi connectivity index (χ1) is 13.4. The van der Waals surface area contributed by atoms with E-state index in [1.165, 1.54) is 25.2 Å². The third kappa shape index (κ3) is 4.57. The molecule has 0 aliphatic carbocycles. The molecule has 2 rings (SSSR count). The highest BCUT2D eigenvalue weighted by Gasteiger charge is 2.54. The second-order valence-electron chi connectivity index (χ2n) is 5.59. The molecule has 0 bridgehead atoms. The summed E-state index contributed by atoms with van der Waals surface area (Å²) >= 11 is 0. The zero-order valence-electron chi connectivity index (χ0n) is 15.0. The van der Waals surface area contributed by atoms with Crippen molar-refractivity contribution in [1.29, 1.82) is 0 Å². The first-order valence-corrected chi connectivity index (χ1v) is 8.20. The van der Waals surface area contributed by atoms with E-state index in [0.29, 0.717) is 0 Å². The number of carbonyl (C=O) groups excluding carboxylic acids is 2. The highest BCUT2D eigenvalue weighted by Crippen LogP contribution is 2.46. The summed E-state index contributed by atoms with van der Waals surface area (Å²) in [5.41, 5.74) is -6.49. The molecule has 0 spiro atoms. The Balaban J connectivity index is 2.88. The molecule has 0 atom stereocenters. The van der Waals surface area contributed by atoms with Crippen molar-refractivity contribution in [1.82, 2.24) is 5.32 Å². The van der Waals surface area contributed by atoms with E-state index in [1.807, 2.05) is 0 Å². The molecule has 1 aliphatic heterocycles. The molecule has 0 saturated carbocycles. The molecule has 0 unspecified atom stereocenters. The van der Waals surface area contributed by atoms with Gasteiger partial charge in [-0.1, -0.05) is 0 Å². The summed E-state index contributed by atoms with van der Waals surface area (Å²) in [6.45, 7) is 1.88. The average molecular weight is 427 g/mol. The molecule has 160 valence electrons. The molecule has 0 amide bonds. The number of dihydropyridines is 1. The average Bonchev–Trinajstić information content (AvgIpc) is 3.12. The molecule has 29 heavy (non-hydrogen) atoms. The van der Waals surface area contributed by atoms with Crippen molar-refractivity contribution >= 4 is 11.9 Å². The molecule has 1 aromatic rings. The van der Waals surface area contributed by atoms with Crippen molar-refractivity contribution in [3.63, 3.8) is 0 Å². The fourth-order valence-electron chi connectivity index (χ4n) is 2.74. The lowest BCUT2D eigenvalue weighted by Gasteiger charge is -2.32. The second-order valence-corrected chi connectivity index (χ2v) is 5.59. The van der Waals surface area contributed by atoms with E-state index < -0.39 is 58.5 Å². The number of esters is 2. The Hall–Kier alpha value is -2.92. The quantitative estimate of drug-likeness (QED) is 0.570. The van der Waals surface area contributed by atoms with E-state index in [4.69, 9.17) is 4.42 Å². The molecule has 12 heteroatoms. The van der Waals surface area contributed by atoms with Crippen LogP contribution in [0.5, 0.6) is 0 Å². The zero-order valence-corrected chi connectivity index (χ0v) is 15.0. The number of halogens is 6. The summed E-state index contributed by atoms with van der Waals surface area (Å²) in [7, 11) is 0. The van der Waals surface area contributed by atoms with Crippen molar-refractivity contribution in [3.05, 3.63) is 46.7 Å². The summed E-state index contributed by atoms with van der Waals surface area (Å²) in [5, 5.41) is 1.17. The monoisotopic (exact) mass is 427 g/mol. The van der Waals surface area contributed by atoms with E-state index in [-0.39, 0.29) is 13.2 Å². The van der Waals surface area contributed by atoms with Crippen LogP contribution in [0.3, 0.4) is 0 Å². The van der Waals surface area contributed by atoms with Crippen LogP contribution in [0.2, 0.25) is 0 Å². The Kier molecular flexibility index (Phi) is 6.34. The van der Waals surface area contributed by atoms with Gasteiger partial charge in [-0.25, -0.2) is 9.59 Å². The predicted molar refractivity (Wildman–Crippen MR) is 84.0 cm³/mol. The summed E-state index contributed by atoms with van der Waals surface area (Å²) < 4.78 is 95.7. The minimum atomic E-state index is -5.40. The minimum absolute atomic E-state index is 0.358. The largest absolute Gasteiger partial charge is 0.468 e. The Morgan fingerprint density at radius 3 is 1.72 bits per heavy atom. The Morgan fingerprint density at radius 1 is 0.966 bits per heavy atom. The number of allylic oxidation sites excluding steroid dienone is 2. The standard InChI is InChI=1S/C17H15F6NO5/c1-3-27-14(25)10-9(8-6-5-7-29-8)11(15(26)28-4-2)13(17(21,22)23)24-12(10)16(18,19)20/h5-7,9,24H,3-4H2,1-2H3.